The quantitative estimate of drug-likeness (QED) is 0.860. The highest BCUT2D eigenvalue weighted by Gasteiger charge is 2.37. The first-order valence-electron chi connectivity index (χ1n) is 8.52. The first-order chi connectivity index (χ1) is 11.3. The van der Waals surface area contributed by atoms with Crippen LogP contribution in [0.3, 0.4) is 0 Å². The lowest BCUT2D eigenvalue weighted by Crippen LogP contribution is -2.55. The van der Waals surface area contributed by atoms with Crippen molar-refractivity contribution in [3.05, 3.63) is 35.9 Å². The Balaban J connectivity index is 1.57. The molecular weight excluding hydrogens is 292 g/mol. The molecule has 2 saturated heterocycles. The second kappa shape index (κ2) is 7.59. The fraction of sp³-hybridized carbons (Fsp3) is 0.556. The standard InChI is InChI=1S/C18H24N2O3/c21-17-16(19-11-5-2-6-12-19)10-7-13-20(17)18(22)23-14-15-8-3-1-4-9-15/h1,3-4,8-9,16H,2,5-7,10-14H2. The van der Waals surface area contributed by atoms with Crippen LogP contribution in [-0.4, -0.2) is 47.5 Å². The van der Waals surface area contributed by atoms with Crippen LogP contribution in [0.5, 0.6) is 0 Å². The molecule has 23 heavy (non-hydrogen) atoms. The predicted octanol–water partition coefficient (Wildman–Crippen LogP) is 2.80. The SMILES string of the molecule is O=C(OCc1ccccc1)N1CCCC(N2CCCCC2)C1=O. The molecule has 1 unspecified atom stereocenters. The lowest BCUT2D eigenvalue weighted by atomic mass is 10.0. The maximum absolute atomic E-state index is 12.7. The molecular formula is C18H24N2O3. The fourth-order valence-electron chi connectivity index (χ4n) is 3.40. The summed E-state index contributed by atoms with van der Waals surface area (Å²) in [5.74, 6) is -0.0868. The molecule has 0 aliphatic carbocycles. The van der Waals surface area contributed by atoms with Crippen molar-refractivity contribution in [1.82, 2.24) is 9.80 Å². The van der Waals surface area contributed by atoms with Crippen LogP contribution in [0.1, 0.15) is 37.7 Å². The Bertz CT molecular complexity index is 540. The minimum atomic E-state index is -0.513. The second-order valence-electron chi connectivity index (χ2n) is 6.28. The Labute approximate surface area is 137 Å². The number of hydrogen-bond acceptors (Lipinski definition) is 4. The van der Waals surface area contributed by atoms with Crippen molar-refractivity contribution in [3.63, 3.8) is 0 Å². The molecule has 1 aromatic rings. The van der Waals surface area contributed by atoms with Crippen LogP contribution in [0.25, 0.3) is 0 Å². The highest BCUT2D eigenvalue weighted by atomic mass is 16.6. The maximum Gasteiger partial charge on any atom is 0.416 e. The predicted molar refractivity (Wildman–Crippen MR) is 86.8 cm³/mol. The van der Waals surface area contributed by atoms with Crippen LogP contribution < -0.4 is 0 Å². The van der Waals surface area contributed by atoms with Gasteiger partial charge in [0.1, 0.15) is 6.61 Å². The Hall–Kier alpha value is -1.88. The van der Waals surface area contributed by atoms with Crippen molar-refractivity contribution in [2.75, 3.05) is 19.6 Å². The average molecular weight is 316 g/mol. The number of carbonyl (C=O) groups is 2. The van der Waals surface area contributed by atoms with E-state index in [4.69, 9.17) is 4.74 Å². The molecule has 2 aliphatic rings. The van der Waals surface area contributed by atoms with Gasteiger partial charge in [-0.1, -0.05) is 36.8 Å². The van der Waals surface area contributed by atoms with E-state index in [1.807, 2.05) is 30.3 Å². The Morgan fingerprint density at radius 2 is 1.78 bits per heavy atom. The Kier molecular flexibility index (Phi) is 5.28. The van der Waals surface area contributed by atoms with E-state index < -0.39 is 6.09 Å². The molecule has 1 atom stereocenters. The molecule has 0 radical (unpaired) electrons. The van der Waals surface area contributed by atoms with Crippen molar-refractivity contribution in [2.24, 2.45) is 0 Å². The molecule has 0 bridgehead atoms. The molecule has 0 saturated carbocycles. The topological polar surface area (TPSA) is 49.9 Å². The van der Waals surface area contributed by atoms with Gasteiger partial charge in [0.2, 0.25) is 5.91 Å². The smallest absolute Gasteiger partial charge is 0.416 e. The number of imide groups is 1. The summed E-state index contributed by atoms with van der Waals surface area (Å²) in [5, 5.41) is 0. The van der Waals surface area contributed by atoms with Crippen molar-refractivity contribution in [1.29, 1.82) is 0 Å². The molecule has 124 valence electrons. The highest BCUT2D eigenvalue weighted by molar-refractivity contribution is 5.95. The Morgan fingerprint density at radius 3 is 2.52 bits per heavy atom. The molecule has 2 heterocycles. The van der Waals surface area contributed by atoms with E-state index in [1.165, 1.54) is 11.3 Å². The number of benzene rings is 1. The van der Waals surface area contributed by atoms with Gasteiger partial charge in [-0.3, -0.25) is 9.69 Å². The molecule has 0 spiro atoms. The number of carbonyl (C=O) groups excluding carboxylic acids is 2. The van der Waals surface area contributed by atoms with Crippen LogP contribution in [0.4, 0.5) is 4.79 Å². The number of likely N-dealkylation sites (tertiary alicyclic amines) is 2. The summed E-state index contributed by atoms with van der Waals surface area (Å²) in [6.07, 6.45) is 4.71. The highest BCUT2D eigenvalue weighted by Crippen LogP contribution is 2.22. The van der Waals surface area contributed by atoms with Crippen LogP contribution in [0, 0.1) is 0 Å². The number of ether oxygens (including phenoxy) is 1. The summed E-state index contributed by atoms with van der Waals surface area (Å²) in [5.41, 5.74) is 0.929. The molecule has 0 aromatic heterocycles. The van der Waals surface area contributed by atoms with E-state index >= 15 is 0 Å². The van der Waals surface area contributed by atoms with Gasteiger partial charge in [-0.2, -0.15) is 0 Å². The number of piperidine rings is 2. The zero-order valence-corrected chi connectivity index (χ0v) is 13.4. The molecule has 3 rings (SSSR count). The first-order valence-corrected chi connectivity index (χ1v) is 8.52. The zero-order valence-electron chi connectivity index (χ0n) is 13.4. The van der Waals surface area contributed by atoms with E-state index in [-0.39, 0.29) is 18.6 Å². The average Bonchev–Trinajstić information content (AvgIpc) is 2.61. The van der Waals surface area contributed by atoms with Crippen molar-refractivity contribution < 1.29 is 14.3 Å². The molecule has 5 heteroatoms. The van der Waals surface area contributed by atoms with Crippen molar-refractivity contribution in [3.8, 4) is 0 Å². The van der Waals surface area contributed by atoms with E-state index in [9.17, 15) is 9.59 Å². The van der Waals surface area contributed by atoms with Gasteiger partial charge in [0.25, 0.3) is 0 Å². The van der Waals surface area contributed by atoms with Gasteiger partial charge in [0, 0.05) is 6.54 Å². The summed E-state index contributed by atoms with van der Waals surface area (Å²) >= 11 is 0. The summed E-state index contributed by atoms with van der Waals surface area (Å²) in [6.45, 7) is 2.60. The third kappa shape index (κ3) is 3.91. The van der Waals surface area contributed by atoms with Crippen molar-refractivity contribution >= 4 is 12.0 Å². The lowest BCUT2D eigenvalue weighted by molar-refractivity contribution is -0.138. The van der Waals surface area contributed by atoms with E-state index in [2.05, 4.69) is 4.90 Å². The minimum Gasteiger partial charge on any atom is -0.444 e. The first kappa shape index (κ1) is 16.0. The van der Waals surface area contributed by atoms with E-state index in [1.54, 1.807) is 0 Å². The number of amides is 2. The van der Waals surface area contributed by atoms with Crippen LogP contribution in [0.15, 0.2) is 30.3 Å². The van der Waals surface area contributed by atoms with Gasteiger partial charge in [-0.15, -0.1) is 0 Å². The number of nitrogens with zero attached hydrogens (tertiary/aromatic N) is 2. The minimum absolute atomic E-state index is 0.0868. The largest absolute Gasteiger partial charge is 0.444 e. The zero-order chi connectivity index (χ0) is 16.1. The Morgan fingerprint density at radius 1 is 1.04 bits per heavy atom. The second-order valence-corrected chi connectivity index (χ2v) is 6.28. The van der Waals surface area contributed by atoms with E-state index in [0.717, 1.165) is 44.3 Å². The van der Waals surface area contributed by atoms with Gasteiger partial charge in [0.15, 0.2) is 0 Å². The molecule has 2 fully saturated rings. The van der Waals surface area contributed by atoms with Crippen LogP contribution in [-0.2, 0) is 16.1 Å². The number of rotatable bonds is 3. The molecule has 0 N–H and O–H groups in total. The third-order valence-electron chi connectivity index (χ3n) is 4.67. The summed E-state index contributed by atoms with van der Waals surface area (Å²) < 4.78 is 5.32. The third-order valence-corrected chi connectivity index (χ3v) is 4.67. The monoisotopic (exact) mass is 316 g/mol. The summed E-state index contributed by atoms with van der Waals surface area (Å²) in [6, 6.07) is 9.39. The van der Waals surface area contributed by atoms with E-state index in [0.29, 0.717) is 6.54 Å². The molecule has 5 nitrogen and oxygen atoms in total. The normalized spacial score (nSPS) is 22.9. The maximum atomic E-state index is 12.7. The van der Waals surface area contributed by atoms with Crippen LogP contribution in [0.2, 0.25) is 0 Å². The number of hydrogen-bond donors (Lipinski definition) is 0. The lowest BCUT2D eigenvalue weighted by Gasteiger charge is -2.38. The summed E-state index contributed by atoms with van der Waals surface area (Å²) in [4.78, 5) is 28.5. The summed E-state index contributed by atoms with van der Waals surface area (Å²) in [7, 11) is 0. The molecule has 2 amide bonds. The molecule has 1 aromatic carbocycles. The van der Waals surface area contributed by atoms with Crippen LogP contribution >= 0.6 is 0 Å². The van der Waals surface area contributed by atoms with Gasteiger partial charge in [-0.25, -0.2) is 9.69 Å². The van der Waals surface area contributed by atoms with Crippen molar-refractivity contribution in [2.45, 2.75) is 44.8 Å². The van der Waals surface area contributed by atoms with Gasteiger partial charge in [0.05, 0.1) is 6.04 Å². The van der Waals surface area contributed by atoms with Gasteiger partial charge >= 0.3 is 6.09 Å². The van der Waals surface area contributed by atoms with Gasteiger partial charge in [-0.05, 0) is 44.3 Å². The fourth-order valence-corrected chi connectivity index (χ4v) is 3.40. The van der Waals surface area contributed by atoms with Gasteiger partial charge < -0.3 is 4.74 Å². The molecule has 2 aliphatic heterocycles.